The highest BCUT2D eigenvalue weighted by Crippen LogP contribution is 2.23. The summed E-state index contributed by atoms with van der Waals surface area (Å²) in [5, 5.41) is 6.45. The SMILES string of the molecule is COc1ccc(-c2cc(CN3C(=O)N[C@@H](CCS(C)(=O)=O)C3=O)on2)cc1. The maximum absolute atomic E-state index is 12.4. The van der Waals surface area contributed by atoms with Gasteiger partial charge >= 0.3 is 6.03 Å². The Morgan fingerprint density at radius 1 is 1.26 bits per heavy atom. The Kier molecular flexibility index (Phi) is 5.17. The number of urea groups is 1. The number of nitrogens with zero attached hydrogens (tertiary/aromatic N) is 2. The Balaban J connectivity index is 1.67. The Morgan fingerprint density at radius 2 is 1.96 bits per heavy atom. The monoisotopic (exact) mass is 393 g/mol. The molecule has 1 N–H and O–H groups in total. The van der Waals surface area contributed by atoms with E-state index in [-0.39, 0.29) is 18.7 Å². The fourth-order valence-corrected chi connectivity index (χ4v) is 3.36. The summed E-state index contributed by atoms with van der Waals surface area (Å²) in [5.74, 6) is 0.391. The molecule has 1 aromatic heterocycles. The van der Waals surface area contributed by atoms with Crippen molar-refractivity contribution < 1.29 is 27.3 Å². The lowest BCUT2D eigenvalue weighted by Crippen LogP contribution is -2.32. The molecule has 0 saturated carbocycles. The number of rotatable bonds is 7. The maximum atomic E-state index is 12.4. The predicted molar refractivity (Wildman–Crippen MR) is 95.7 cm³/mol. The van der Waals surface area contributed by atoms with Gasteiger partial charge in [0.05, 0.1) is 19.4 Å². The second kappa shape index (κ2) is 7.39. The summed E-state index contributed by atoms with van der Waals surface area (Å²) in [6.45, 7) is -0.0802. The van der Waals surface area contributed by atoms with E-state index in [0.29, 0.717) is 17.2 Å². The summed E-state index contributed by atoms with van der Waals surface area (Å²) in [4.78, 5) is 25.4. The molecule has 144 valence electrons. The first-order valence-corrected chi connectivity index (χ1v) is 10.2. The molecule has 2 heterocycles. The molecule has 10 heteroatoms. The van der Waals surface area contributed by atoms with E-state index in [4.69, 9.17) is 9.26 Å². The number of carbonyl (C=O) groups excluding carboxylic acids is 2. The summed E-state index contributed by atoms with van der Waals surface area (Å²) in [6.07, 6.45) is 1.12. The van der Waals surface area contributed by atoms with E-state index in [0.717, 1.165) is 16.7 Å². The molecule has 1 saturated heterocycles. The molecule has 0 unspecified atom stereocenters. The number of aromatic nitrogens is 1. The molecule has 3 rings (SSSR count). The highest BCUT2D eigenvalue weighted by atomic mass is 32.2. The van der Waals surface area contributed by atoms with Crippen LogP contribution in [0.15, 0.2) is 34.9 Å². The number of sulfone groups is 1. The Labute approximate surface area is 156 Å². The quantitative estimate of drug-likeness (QED) is 0.702. The van der Waals surface area contributed by atoms with Crippen LogP contribution in [0.25, 0.3) is 11.3 Å². The number of carbonyl (C=O) groups is 2. The molecule has 9 nitrogen and oxygen atoms in total. The summed E-state index contributed by atoms with van der Waals surface area (Å²) in [5.41, 5.74) is 1.36. The number of methoxy groups -OCH3 is 1. The molecule has 1 fully saturated rings. The zero-order valence-electron chi connectivity index (χ0n) is 14.8. The van der Waals surface area contributed by atoms with E-state index in [1.54, 1.807) is 25.3 Å². The first kappa shape index (κ1) is 18.9. The first-order chi connectivity index (χ1) is 12.8. The van der Waals surface area contributed by atoms with Crippen molar-refractivity contribution >= 4 is 21.8 Å². The van der Waals surface area contributed by atoms with Crippen molar-refractivity contribution in [3.8, 4) is 17.0 Å². The highest BCUT2D eigenvalue weighted by molar-refractivity contribution is 7.90. The number of imide groups is 1. The zero-order chi connectivity index (χ0) is 19.6. The van der Waals surface area contributed by atoms with Crippen LogP contribution in [0.4, 0.5) is 4.79 Å². The van der Waals surface area contributed by atoms with Crippen LogP contribution >= 0.6 is 0 Å². The molecule has 1 aromatic carbocycles. The van der Waals surface area contributed by atoms with Crippen LogP contribution in [-0.2, 0) is 21.2 Å². The van der Waals surface area contributed by atoms with Crippen molar-refractivity contribution in [1.82, 2.24) is 15.4 Å². The van der Waals surface area contributed by atoms with Crippen LogP contribution in [0.5, 0.6) is 5.75 Å². The second-order valence-electron chi connectivity index (χ2n) is 6.25. The van der Waals surface area contributed by atoms with Crippen LogP contribution in [0.3, 0.4) is 0 Å². The largest absolute Gasteiger partial charge is 0.497 e. The average molecular weight is 393 g/mol. The predicted octanol–water partition coefficient (Wildman–Crippen LogP) is 1.21. The van der Waals surface area contributed by atoms with Crippen LogP contribution in [-0.4, -0.2) is 55.6 Å². The van der Waals surface area contributed by atoms with Gasteiger partial charge in [-0.1, -0.05) is 5.16 Å². The Hall–Kier alpha value is -2.88. The van der Waals surface area contributed by atoms with Crippen molar-refractivity contribution in [3.63, 3.8) is 0 Å². The molecule has 2 aromatic rings. The summed E-state index contributed by atoms with van der Waals surface area (Å²) in [7, 11) is -1.65. The molecule has 3 amide bonds. The minimum Gasteiger partial charge on any atom is -0.497 e. The van der Waals surface area contributed by atoms with Gasteiger partial charge in [0, 0.05) is 17.9 Å². The molecular formula is C17H19N3O6S. The van der Waals surface area contributed by atoms with Crippen molar-refractivity contribution in [2.24, 2.45) is 0 Å². The molecule has 0 aliphatic carbocycles. The molecule has 27 heavy (non-hydrogen) atoms. The normalized spacial score (nSPS) is 17.3. The number of amides is 3. The van der Waals surface area contributed by atoms with E-state index in [1.807, 2.05) is 12.1 Å². The lowest BCUT2D eigenvalue weighted by Gasteiger charge is -2.10. The second-order valence-corrected chi connectivity index (χ2v) is 8.51. The molecule has 0 spiro atoms. The van der Waals surface area contributed by atoms with Gasteiger partial charge in [-0.05, 0) is 30.7 Å². The lowest BCUT2D eigenvalue weighted by molar-refractivity contribution is -0.128. The van der Waals surface area contributed by atoms with Gasteiger partial charge in [0.25, 0.3) is 5.91 Å². The van der Waals surface area contributed by atoms with E-state index in [9.17, 15) is 18.0 Å². The van der Waals surface area contributed by atoms with Gasteiger partial charge in [0.15, 0.2) is 5.76 Å². The van der Waals surface area contributed by atoms with E-state index >= 15 is 0 Å². The van der Waals surface area contributed by atoms with Gasteiger partial charge in [-0.3, -0.25) is 9.69 Å². The zero-order valence-corrected chi connectivity index (χ0v) is 15.7. The first-order valence-electron chi connectivity index (χ1n) is 8.16. The Bertz CT molecular complexity index is 951. The fourth-order valence-electron chi connectivity index (χ4n) is 2.70. The molecule has 1 aliphatic heterocycles. The summed E-state index contributed by atoms with van der Waals surface area (Å²) in [6, 6.07) is 7.41. The van der Waals surface area contributed by atoms with Crippen LogP contribution in [0, 0.1) is 0 Å². The number of benzene rings is 1. The van der Waals surface area contributed by atoms with Gasteiger partial charge < -0.3 is 14.6 Å². The number of hydrogen-bond donors (Lipinski definition) is 1. The summed E-state index contributed by atoms with van der Waals surface area (Å²) < 4.78 is 32.9. The van der Waals surface area contributed by atoms with Gasteiger partial charge in [0.1, 0.15) is 27.3 Å². The number of hydrogen-bond acceptors (Lipinski definition) is 7. The molecule has 0 radical (unpaired) electrons. The van der Waals surface area contributed by atoms with E-state index < -0.39 is 27.8 Å². The van der Waals surface area contributed by atoms with Gasteiger partial charge in [-0.2, -0.15) is 0 Å². The smallest absolute Gasteiger partial charge is 0.325 e. The van der Waals surface area contributed by atoms with Crippen molar-refractivity contribution in [3.05, 3.63) is 36.1 Å². The molecule has 1 atom stereocenters. The number of nitrogens with one attached hydrogen (secondary N) is 1. The van der Waals surface area contributed by atoms with Gasteiger partial charge in [-0.25, -0.2) is 13.2 Å². The minimum atomic E-state index is -3.22. The maximum Gasteiger partial charge on any atom is 0.325 e. The van der Waals surface area contributed by atoms with Gasteiger partial charge in [-0.15, -0.1) is 0 Å². The van der Waals surface area contributed by atoms with Crippen LogP contribution < -0.4 is 10.1 Å². The standard InChI is InChI=1S/C17H19N3O6S/c1-25-12-5-3-11(4-6-12)15-9-13(26-19-15)10-20-16(21)14(18-17(20)22)7-8-27(2,23)24/h3-6,9,14H,7-8,10H2,1-2H3,(H,18,22)/t14-/m0/s1. The van der Waals surface area contributed by atoms with Crippen LogP contribution in [0.1, 0.15) is 12.2 Å². The highest BCUT2D eigenvalue weighted by Gasteiger charge is 2.38. The average Bonchev–Trinajstić information content (AvgIpc) is 3.20. The molecule has 1 aliphatic rings. The van der Waals surface area contributed by atoms with Crippen LogP contribution in [0.2, 0.25) is 0 Å². The minimum absolute atomic E-state index is 0.0351. The molecule has 0 bridgehead atoms. The summed E-state index contributed by atoms with van der Waals surface area (Å²) >= 11 is 0. The lowest BCUT2D eigenvalue weighted by atomic mass is 10.1. The fraction of sp³-hybridized carbons (Fsp3) is 0.353. The topological polar surface area (TPSA) is 119 Å². The van der Waals surface area contributed by atoms with E-state index in [1.165, 1.54) is 0 Å². The van der Waals surface area contributed by atoms with Crippen molar-refractivity contribution in [2.75, 3.05) is 19.1 Å². The van der Waals surface area contributed by atoms with Crippen molar-refractivity contribution in [2.45, 2.75) is 19.0 Å². The third kappa shape index (κ3) is 4.45. The van der Waals surface area contributed by atoms with Crippen molar-refractivity contribution in [1.29, 1.82) is 0 Å². The third-order valence-electron chi connectivity index (χ3n) is 4.14. The molecular weight excluding hydrogens is 374 g/mol. The number of ether oxygens (including phenoxy) is 1. The Morgan fingerprint density at radius 3 is 2.59 bits per heavy atom. The van der Waals surface area contributed by atoms with E-state index in [2.05, 4.69) is 10.5 Å². The van der Waals surface area contributed by atoms with Gasteiger partial charge in [0.2, 0.25) is 0 Å². The third-order valence-corrected chi connectivity index (χ3v) is 5.12.